The van der Waals surface area contributed by atoms with Crippen LogP contribution in [0.15, 0.2) is 36.0 Å². The molecule has 0 N–H and O–H groups in total. The van der Waals surface area contributed by atoms with Gasteiger partial charge in [0.1, 0.15) is 0 Å². The van der Waals surface area contributed by atoms with Crippen molar-refractivity contribution in [2.75, 3.05) is 0 Å². The number of hydrogen-bond donors (Lipinski definition) is 0. The van der Waals surface area contributed by atoms with E-state index in [9.17, 15) is 4.79 Å². The van der Waals surface area contributed by atoms with Gasteiger partial charge in [-0.1, -0.05) is 38.7 Å². The second kappa shape index (κ2) is 6.36. The summed E-state index contributed by atoms with van der Waals surface area (Å²) in [5, 5.41) is 0. The first-order chi connectivity index (χ1) is 6.58. The maximum Gasteiger partial charge on any atom is 0.165 e. The van der Waals surface area contributed by atoms with Crippen LogP contribution in [0.3, 0.4) is 0 Å². The van der Waals surface area contributed by atoms with Crippen LogP contribution in [0.4, 0.5) is 0 Å². The zero-order chi connectivity index (χ0) is 11.1. The lowest BCUT2D eigenvalue weighted by Gasteiger charge is -2.11. The van der Waals surface area contributed by atoms with Crippen LogP contribution in [-0.2, 0) is 4.79 Å². The first-order valence-corrected chi connectivity index (χ1v) is 5.08. The van der Waals surface area contributed by atoms with Crippen molar-refractivity contribution < 1.29 is 4.79 Å². The molecule has 0 spiro atoms. The van der Waals surface area contributed by atoms with Gasteiger partial charge in [0.15, 0.2) is 5.78 Å². The third-order valence-corrected chi connectivity index (χ3v) is 2.47. The van der Waals surface area contributed by atoms with Crippen LogP contribution < -0.4 is 0 Å². The summed E-state index contributed by atoms with van der Waals surface area (Å²) in [6.45, 7) is 11.5. The summed E-state index contributed by atoms with van der Waals surface area (Å²) in [5.74, 6) is 0.305. The summed E-state index contributed by atoms with van der Waals surface area (Å²) in [7, 11) is 0. The molecule has 0 amide bonds. The molecule has 0 aromatic carbocycles. The van der Waals surface area contributed by atoms with Crippen molar-refractivity contribution in [2.45, 2.75) is 34.1 Å². The van der Waals surface area contributed by atoms with E-state index in [1.807, 2.05) is 33.8 Å². The smallest absolute Gasteiger partial charge is 0.165 e. The van der Waals surface area contributed by atoms with Crippen LogP contribution in [0.2, 0.25) is 0 Å². The van der Waals surface area contributed by atoms with E-state index in [0.717, 1.165) is 17.6 Å². The molecule has 0 aliphatic heterocycles. The minimum atomic E-state index is 0.0936. The number of Topliss-reactive ketones (excluding diaryl/α,β-unsaturated/α-hetero) is 1. The van der Waals surface area contributed by atoms with E-state index in [2.05, 4.69) is 6.58 Å². The molecule has 14 heavy (non-hydrogen) atoms. The molecule has 1 heteroatoms. The molecule has 1 unspecified atom stereocenters. The molecular weight excluding hydrogens is 172 g/mol. The Morgan fingerprint density at radius 1 is 1.50 bits per heavy atom. The van der Waals surface area contributed by atoms with Crippen molar-refractivity contribution in [1.29, 1.82) is 0 Å². The minimum absolute atomic E-state index is 0.0936. The highest BCUT2D eigenvalue weighted by Crippen LogP contribution is 2.17. The van der Waals surface area contributed by atoms with E-state index in [1.54, 1.807) is 12.2 Å². The van der Waals surface area contributed by atoms with Crippen molar-refractivity contribution in [3.63, 3.8) is 0 Å². The number of carbonyl (C=O) groups is 1. The molecule has 0 aromatic heterocycles. The van der Waals surface area contributed by atoms with Gasteiger partial charge in [0.05, 0.1) is 0 Å². The highest BCUT2D eigenvalue weighted by atomic mass is 16.1. The van der Waals surface area contributed by atoms with Gasteiger partial charge in [-0.3, -0.25) is 4.79 Å². The van der Waals surface area contributed by atoms with E-state index in [1.165, 1.54) is 0 Å². The SMILES string of the molecule is C=C/C=C(C(=O)C(C)CC)\C(C)=C/C. The highest BCUT2D eigenvalue weighted by molar-refractivity contribution is 6.00. The van der Waals surface area contributed by atoms with Crippen LogP contribution in [0.5, 0.6) is 0 Å². The molecule has 78 valence electrons. The highest BCUT2D eigenvalue weighted by Gasteiger charge is 2.16. The van der Waals surface area contributed by atoms with Crippen molar-refractivity contribution in [3.05, 3.63) is 36.0 Å². The van der Waals surface area contributed by atoms with Gasteiger partial charge in [-0.05, 0) is 25.8 Å². The number of ketones is 1. The Bertz CT molecular complexity index is 269. The Balaban J connectivity index is 4.95. The Morgan fingerprint density at radius 3 is 2.43 bits per heavy atom. The van der Waals surface area contributed by atoms with Gasteiger partial charge >= 0.3 is 0 Å². The third-order valence-electron chi connectivity index (χ3n) is 2.47. The van der Waals surface area contributed by atoms with Gasteiger partial charge in [0.25, 0.3) is 0 Å². The van der Waals surface area contributed by atoms with Crippen LogP contribution in [-0.4, -0.2) is 5.78 Å². The Kier molecular flexibility index (Phi) is 5.86. The summed E-state index contributed by atoms with van der Waals surface area (Å²) in [6.07, 6.45) is 6.30. The topological polar surface area (TPSA) is 17.1 Å². The Hall–Kier alpha value is -1.11. The number of carbonyl (C=O) groups excluding carboxylic acids is 1. The number of rotatable bonds is 5. The van der Waals surface area contributed by atoms with E-state index in [0.29, 0.717) is 0 Å². The molecule has 0 saturated heterocycles. The molecule has 0 rings (SSSR count). The van der Waals surface area contributed by atoms with Gasteiger partial charge in [0.2, 0.25) is 0 Å². The molecule has 0 saturated carbocycles. The number of hydrogen-bond acceptors (Lipinski definition) is 1. The van der Waals surface area contributed by atoms with E-state index >= 15 is 0 Å². The van der Waals surface area contributed by atoms with Gasteiger partial charge in [0, 0.05) is 11.5 Å². The summed E-state index contributed by atoms with van der Waals surface area (Å²) in [6, 6.07) is 0. The van der Waals surface area contributed by atoms with Crippen LogP contribution in [0.1, 0.15) is 34.1 Å². The van der Waals surface area contributed by atoms with Crippen molar-refractivity contribution in [2.24, 2.45) is 5.92 Å². The quantitative estimate of drug-likeness (QED) is 0.479. The van der Waals surface area contributed by atoms with Crippen molar-refractivity contribution in [1.82, 2.24) is 0 Å². The fourth-order valence-corrected chi connectivity index (χ4v) is 1.13. The van der Waals surface area contributed by atoms with Crippen LogP contribution in [0, 0.1) is 5.92 Å². The monoisotopic (exact) mass is 192 g/mol. The third kappa shape index (κ3) is 3.33. The standard InChI is InChI=1S/C13H20O/c1-6-9-12(10(4)7-2)13(14)11(5)8-3/h6-7,9,11H,1,8H2,2-5H3/b10-7-,12-9+. The second-order valence-corrected chi connectivity index (χ2v) is 3.46. The van der Waals surface area contributed by atoms with E-state index < -0.39 is 0 Å². The molecule has 0 aromatic rings. The van der Waals surface area contributed by atoms with Gasteiger partial charge < -0.3 is 0 Å². The maximum absolute atomic E-state index is 11.9. The van der Waals surface area contributed by atoms with Gasteiger partial charge in [-0.2, -0.15) is 0 Å². The predicted octanol–water partition coefficient (Wildman–Crippen LogP) is 3.68. The fourth-order valence-electron chi connectivity index (χ4n) is 1.13. The Labute approximate surface area is 87.2 Å². The first-order valence-electron chi connectivity index (χ1n) is 5.08. The van der Waals surface area contributed by atoms with Crippen molar-refractivity contribution in [3.8, 4) is 0 Å². The van der Waals surface area contributed by atoms with E-state index in [4.69, 9.17) is 0 Å². The lowest BCUT2D eigenvalue weighted by Crippen LogP contribution is -2.13. The van der Waals surface area contributed by atoms with Crippen molar-refractivity contribution >= 4 is 5.78 Å². The fraction of sp³-hybridized carbons (Fsp3) is 0.462. The minimum Gasteiger partial charge on any atom is -0.294 e. The average Bonchev–Trinajstić information content (AvgIpc) is 2.22. The summed E-state index contributed by atoms with van der Waals surface area (Å²) < 4.78 is 0. The second-order valence-electron chi connectivity index (χ2n) is 3.46. The lowest BCUT2D eigenvalue weighted by atomic mass is 9.92. The molecule has 0 bridgehead atoms. The zero-order valence-corrected chi connectivity index (χ0v) is 9.63. The summed E-state index contributed by atoms with van der Waals surface area (Å²) >= 11 is 0. The number of allylic oxidation sites excluding steroid dienone is 5. The lowest BCUT2D eigenvalue weighted by molar-refractivity contribution is -0.118. The zero-order valence-electron chi connectivity index (χ0n) is 9.63. The molecule has 0 radical (unpaired) electrons. The summed E-state index contributed by atoms with van der Waals surface area (Å²) in [4.78, 5) is 11.9. The molecule has 1 nitrogen and oxygen atoms in total. The molecule has 0 aliphatic carbocycles. The van der Waals surface area contributed by atoms with Gasteiger partial charge in [-0.15, -0.1) is 0 Å². The molecule has 0 aliphatic rings. The van der Waals surface area contributed by atoms with E-state index in [-0.39, 0.29) is 11.7 Å². The largest absolute Gasteiger partial charge is 0.294 e. The molecular formula is C13H20O. The van der Waals surface area contributed by atoms with Gasteiger partial charge in [-0.25, -0.2) is 0 Å². The predicted molar refractivity (Wildman–Crippen MR) is 62.2 cm³/mol. The maximum atomic E-state index is 11.9. The summed E-state index contributed by atoms with van der Waals surface area (Å²) in [5.41, 5.74) is 1.81. The van der Waals surface area contributed by atoms with Crippen LogP contribution in [0.25, 0.3) is 0 Å². The molecule has 1 atom stereocenters. The van der Waals surface area contributed by atoms with Crippen LogP contribution >= 0.6 is 0 Å². The normalized spacial score (nSPS) is 15.1. The average molecular weight is 192 g/mol. The first kappa shape index (κ1) is 12.9. The molecule has 0 fully saturated rings. The molecule has 0 heterocycles. The Morgan fingerprint density at radius 2 is 2.07 bits per heavy atom.